The largest absolute Gasteiger partial charge is 0.478 e. The Kier molecular flexibility index (Phi) is 9.20. The lowest BCUT2D eigenvalue weighted by atomic mass is 10.0. The third-order valence-electron chi connectivity index (χ3n) is 5.85. The van der Waals surface area contributed by atoms with Gasteiger partial charge in [0.05, 0.1) is 6.61 Å². The number of hydrogen-bond acceptors (Lipinski definition) is 3. The number of ether oxygens (including phenoxy) is 2. The standard InChI is InChI=1S/C28H36O3/c1-3-5-6-7-8-9-10-11-18-27(28(29)30-4-2)31-26-19-14-17-24-20-22-15-12-13-16-23(22)21-25(24)26/h12-17,19-21,27H,3-11,18H2,1-2H3. The molecule has 166 valence electrons. The Bertz CT molecular complexity index is 963. The van der Waals surface area contributed by atoms with Gasteiger partial charge in [-0.15, -0.1) is 0 Å². The van der Waals surface area contributed by atoms with Crippen molar-refractivity contribution in [1.29, 1.82) is 0 Å². The quantitative estimate of drug-likeness (QED) is 0.160. The summed E-state index contributed by atoms with van der Waals surface area (Å²) in [6.45, 7) is 4.46. The van der Waals surface area contributed by atoms with Crippen molar-refractivity contribution in [2.75, 3.05) is 6.61 Å². The fraction of sp³-hybridized carbons (Fsp3) is 0.464. The third kappa shape index (κ3) is 6.72. The van der Waals surface area contributed by atoms with Gasteiger partial charge in [0.2, 0.25) is 0 Å². The van der Waals surface area contributed by atoms with E-state index in [1.54, 1.807) is 0 Å². The Morgan fingerprint density at radius 2 is 1.42 bits per heavy atom. The van der Waals surface area contributed by atoms with Crippen LogP contribution >= 0.6 is 0 Å². The highest BCUT2D eigenvalue weighted by Gasteiger charge is 2.22. The summed E-state index contributed by atoms with van der Waals surface area (Å²) in [5.74, 6) is 0.490. The molecule has 3 aromatic rings. The number of hydrogen-bond donors (Lipinski definition) is 0. The van der Waals surface area contributed by atoms with Crippen LogP contribution in [0.15, 0.2) is 54.6 Å². The fourth-order valence-corrected chi connectivity index (χ4v) is 4.12. The molecule has 0 saturated heterocycles. The second kappa shape index (κ2) is 12.3. The lowest BCUT2D eigenvalue weighted by Gasteiger charge is -2.19. The minimum Gasteiger partial charge on any atom is -0.478 e. The Hall–Kier alpha value is -2.55. The molecule has 3 rings (SSSR count). The van der Waals surface area contributed by atoms with Crippen molar-refractivity contribution in [3.05, 3.63) is 54.6 Å². The van der Waals surface area contributed by atoms with Gasteiger partial charge in [0.25, 0.3) is 0 Å². The van der Waals surface area contributed by atoms with E-state index in [0.717, 1.165) is 29.4 Å². The molecule has 0 fully saturated rings. The molecular weight excluding hydrogens is 384 g/mol. The van der Waals surface area contributed by atoms with Crippen LogP contribution in [0.5, 0.6) is 5.75 Å². The SMILES string of the molecule is CCCCCCCCCCC(Oc1cccc2cc3ccccc3cc12)C(=O)OCC. The van der Waals surface area contributed by atoms with E-state index >= 15 is 0 Å². The first-order valence-corrected chi connectivity index (χ1v) is 12.0. The molecule has 0 aliphatic heterocycles. The summed E-state index contributed by atoms with van der Waals surface area (Å²) in [5.41, 5.74) is 0. The highest BCUT2D eigenvalue weighted by molar-refractivity contribution is 6.01. The minimum atomic E-state index is -0.558. The molecule has 0 aromatic heterocycles. The maximum Gasteiger partial charge on any atom is 0.347 e. The number of esters is 1. The van der Waals surface area contributed by atoms with E-state index in [1.165, 1.54) is 49.3 Å². The van der Waals surface area contributed by atoms with Gasteiger partial charge in [-0.2, -0.15) is 0 Å². The number of fused-ring (bicyclic) bond motifs is 2. The molecule has 1 unspecified atom stereocenters. The molecule has 0 aliphatic carbocycles. The van der Waals surface area contributed by atoms with Crippen LogP contribution in [-0.4, -0.2) is 18.7 Å². The number of unbranched alkanes of at least 4 members (excludes halogenated alkanes) is 7. The van der Waals surface area contributed by atoms with E-state index in [1.807, 2.05) is 25.1 Å². The van der Waals surface area contributed by atoms with E-state index < -0.39 is 6.10 Å². The van der Waals surface area contributed by atoms with Crippen LogP contribution in [0.1, 0.15) is 71.6 Å². The zero-order valence-electron chi connectivity index (χ0n) is 19.1. The lowest BCUT2D eigenvalue weighted by molar-refractivity contribution is -0.151. The molecule has 0 heterocycles. The van der Waals surface area contributed by atoms with Crippen molar-refractivity contribution in [2.45, 2.75) is 77.7 Å². The molecule has 0 aliphatic rings. The summed E-state index contributed by atoms with van der Waals surface area (Å²) >= 11 is 0. The molecule has 0 spiro atoms. The molecule has 0 saturated carbocycles. The zero-order valence-corrected chi connectivity index (χ0v) is 19.1. The molecule has 0 radical (unpaired) electrons. The monoisotopic (exact) mass is 420 g/mol. The molecule has 3 aromatic carbocycles. The van der Waals surface area contributed by atoms with Crippen LogP contribution in [0, 0.1) is 0 Å². The normalized spacial score (nSPS) is 12.2. The predicted molar refractivity (Wildman–Crippen MR) is 130 cm³/mol. The molecule has 0 bridgehead atoms. The predicted octanol–water partition coefficient (Wildman–Crippen LogP) is 7.83. The zero-order chi connectivity index (χ0) is 21.9. The van der Waals surface area contributed by atoms with E-state index in [4.69, 9.17) is 9.47 Å². The Labute approximate surface area is 186 Å². The second-order valence-corrected chi connectivity index (χ2v) is 8.30. The summed E-state index contributed by atoms with van der Waals surface area (Å²) in [6, 6.07) is 18.7. The van der Waals surface area contributed by atoms with Crippen LogP contribution in [-0.2, 0) is 9.53 Å². The van der Waals surface area contributed by atoms with Gasteiger partial charge < -0.3 is 9.47 Å². The fourth-order valence-electron chi connectivity index (χ4n) is 4.12. The highest BCUT2D eigenvalue weighted by atomic mass is 16.6. The molecule has 3 nitrogen and oxygen atoms in total. The van der Waals surface area contributed by atoms with Crippen molar-refractivity contribution in [2.24, 2.45) is 0 Å². The highest BCUT2D eigenvalue weighted by Crippen LogP contribution is 2.31. The second-order valence-electron chi connectivity index (χ2n) is 8.30. The van der Waals surface area contributed by atoms with Crippen LogP contribution in [0.2, 0.25) is 0 Å². The molecule has 1 atom stereocenters. The first-order chi connectivity index (χ1) is 15.2. The minimum absolute atomic E-state index is 0.261. The summed E-state index contributed by atoms with van der Waals surface area (Å²) in [5, 5.41) is 4.52. The Morgan fingerprint density at radius 3 is 2.13 bits per heavy atom. The molecule has 0 N–H and O–H groups in total. The van der Waals surface area contributed by atoms with E-state index in [9.17, 15) is 4.79 Å². The van der Waals surface area contributed by atoms with Gasteiger partial charge in [-0.1, -0.05) is 88.3 Å². The lowest BCUT2D eigenvalue weighted by Crippen LogP contribution is -2.29. The third-order valence-corrected chi connectivity index (χ3v) is 5.85. The summed E-state index contributed by atoms with van der Waals surface area (Å²) < 4.78 is 11.6. The number of rotatable bonds is 13. The average molecular weight is 421 g/mol. The maximum absolute atomic E-state index is 12.6. The molecular formula is C28H36O3. The van der Waals surface area contributed by atoms with Crippen LogP contribution in [0.3, 0.4) is 0 Å². The van der Waals surface area contributed by atoms with Gasteiger partial charge in [0.1, 0.15) is 5.75 Å². The van der Waals surface area contributed by atoms with Gasteiger partial charge in [0.15, 0.2) is 6.10 Å². The summed E-state index contributed by atoms with van der Waals surface area (Å²) in [4.78, 5) is 12.6. The Balaban J connectivity index is 1.67. The maximum atomic E-state index is 12.6. The average Bonchev–Trinajstić information content (AvgIpc) is 2.79. The number of benzene rings is 3. The van der Waals surface area contributed by atoms with E-state index in [2.05, 4.69) is 43.3 Å². The van der Waals surface area contributed by atoms with Gasteiger partial charge >= 0.3 is 5.97 Å². The number of carbonyl (C=O) groups is 1. The van der Waals surface area contributed by atoms with Gasteiger partial charge in [-0.05, 0) is 54.1 Å². The Morgan fingerprint density at radius 1 is 0.774 bits per heavy atom. The first-order valence-electron chi connectivity index (χ1n) is 12.0. The van der Waals surface area contributed by atoms with Crippen molar-refractivity contribution < 1.29 is 14.3 Å². The smallest absolute Gasteiger partial charge is 0.347 e. The van der Waals surface area contributed by atoms with Crippen molar-refractivity contribution in [3.63, 3.8) is 0 Å². The molecule has 0 amide bonds. The van der Waals surface area contributed by atoms with Gasteiger partial charge in [-0.3, -0.25) is 0 Å². The molecule has 3 heteroatoms. The van der Waals surface area contributed by atoms with Crippen LogP contribution < -0.4 is 4.74 Å². The number of carbonyl (C=O) groups excluding carboxylic acids is 1. The van der Waals surface area contributed by atoms with Crippen molar-refractivity contribution >= 4 is 27.5 Å². The van der Waals surface area contributed by atoms with E-state index in [-0.39, 0.29) is 5.97 Å². The molecule has 31 heavy (non-hydrogen) atoms. The van der Waals surface area contributed by atoms with Gasteiger partial charge in [-0.25, -0.2) is 4.79 Å². The van der Waals surface area contributed by atoms with Crippen molar-refractivity contribution in [1.82, 2.24) is 0 Å². The van der Waals surface area contributed by atoms with Gasteiger partial charge in [0, 0.05) is 5.39 Å². The summed E-state index contributed by atoms with van der Waals surface area (Å²) in [7, 11) is 0. The van der Waals surface area contributed by atoms with Crippen LogP contribution in [0.4, 0.5) is 0 Å². The van der Waals surface area contributed by atoms with Crippen LogP contribution in [0.25, 0.3) is 21.5 Å². The van der Waals surface area contributed by atoms with Crippen molar-refractivity contribution in [3.8, 4) is 5.75 Å². The van der Waals surface area contributed by atoms with E-state index in [0.29, 0.717) is 13.0 Å². The topological polar surface area (TPSA) is 35.5 Å². The summed E-state index contributed by atoms with van der Waals surface area (Å²) in [6.07, 6.45) is 10.0. The first kappa shape index (κ1) is 23.1.